The largest absolute Gasteiger partial charge is 0.464 e. The topological polar surface area (TPSA) is 64.1 Å². The van der Waals surface area contributed by atoms with E-state index in [1.54, 1.807) is 0 Å². The van der Waals surface area contributed by atoms with Gasteiger partial charge in [-0.15, -0.1) is 6.42 Å². The van der Waals surface area contributed by atoms with E-state index in [1.165, 1.54) is 19.5 Å². The van der Waals surface area contributed by atoms with Crippen molar-refractivity contribution in [1.29, 1.82) is 0 Å². The van der Waals surface area contributed by atoms with Crippen LogP contribution in [0.5, 0.6) is 0 Å². The van der Waals surface area contributed by atoms with E-state index < -0.39 is 5.97 Å². The number of carbonyl (C=O) groups excluding carboxylic acids is 1. The predicted octanol–water partition coefficient (Wildman–Crippen LogP) is 0.308. The SMILES string of the molecule is C#CCNc1cncc(C(=O)OC)n1. The molecule has 0 aromatic carbocycles. The Bertz CT molecular complexity index is 371. The standard InChI is InChI=1S/C9H9N3O2/c1-3-4-11-8-6-10-5-7(12-8)9(13)14-2/h1,5-6H,4H2,2H3,(H,11,12). The van der Waals surface area contributed by atoms with Crippen LogP contribution in [0.3, 0.4) is 0 Å². The minimum Gasteiger partial charge on any atom is -0.464 e. The zero-order valence-electron chi connectivity index (χ0n) is 7.65. The van der Waals surface area contributed by atoms with E-state index >= 15 is 0 Å². The van der Waals surface area contributed by atoms with Crippen LogP contribution >= 0.6 is 0 Å². The van der Waals surface area contributed by atoms with Crippen LogP contribution in [0.25, 0.3) is 0 Å². The van der Waals surface area contributed by atoms with Crippen LogP contribution in [0.1, 0.15) is 10.5 Å². The molecule has 1 rings (SSSR count). The van der Waals surface area contributed by atoms with Crippen molar-refractivity contribution in [3.8, 4) is 12.3 Å². The summed E-state index contributed by atoms with van der Waals surface area (Å²) >= 11 is 0. The fourth-order valence-corrected chi connectivity index (χ4v) is 0.796. The summed E-state index contributed by atoms with van der Waals surface area (Å²) in [7, 11) is 1.28. The van der Waals surface area contributed by atoms with Crippen LogP contribution < -0.4 is 5.32 Å². The molecule has 5 nitrogen and oxygen atoms in total. The van der Waals surface area contributed by atoms with E-state index in [-0.39, 0.29) is 5.69 Å². The zero-order chi connectivity index (χ0) is 10.4. The average molecular weight is 191 g/mol. The number of ether oxygens (including phenoxy) is 1. The van der Waals surface area contributed by atoms with Gasteiger partial charge < -0.3 is 10.1 Å². The number of nitrogens with zero attached hydrogens (tertiary/aromatic N) is 2. The minimum atomic E-state index is -0.526. The van der Waals surface area contributed by atoms with Crippen LogP contribution in [0.2, 0.25) is 0 Å². The molecular formula is C9H9N3O2. The molecule has 0 saturated heterocycles. The summed E-state index contributed by atoms with van der Waals surface area (Å²) in [5, 5.41) is 2.80. The first kappa shape index (κ1) is 9.99. The zero-order valence-corrected chi connectivity index (χ0v) is 7.65. The highest BCUT2D eigenvalue weighted by molar-refractivity contribution is 5.87. The number of methoxy groups -OCH3 is 1. The predicted molar refractivity (Wildman–Crippen MR) is 50.7 cm³/mol. The van der Waals surface area contributed by atoms with E-state index in [2.05, 4.69) is 25.9 Å². The monoisotopic (exact) mass is 191 g/mol. The first-order valence-electron chi connectivity index (χ1n) is 3.85. The van der Waals surface area contributed by atoms with E-state index in [0.29, 0.717) is 12.4 Å². The highest BCUT2D eigenvalue weighted by Gasteiger charge is 2.07. The lowest BCUT2D eigenvalue weighted by Gasteiger charge is -2.02. The Morgan fingerprint density at radius 3 is 3.14 bits per heavy atom. The second kappa shape index (κ2) is 4.82. The summed E-state index contributed by atoms with van der Waals surface area (Å²) < 4.78 is 4.49. The fraction of sp³-hybridized carbons (Fsp3) is 0.222. The normalized spacial score (nSPS) is 8.86. The van der Waals surface area contributed by atoms with Crippen molar-refractivity contribution >= 4 is 11.8 Å². The number of anilines is 1. The van der Waals surface area contributed by atoms with Gasteiger partial charge >= 0.3 is 5.97 Å². The van der Waals surface area contributed by atoms with Gasteiger partial charge in [-0.25, -0.2) is 9.78 Å². The van der Waals surface area contributed by atoms with Gasteiger partial charge in [0.25, 0.3) is 0 Å². The third kappa shape index (κ3) is 2.45. The number of aromatic nitrogens is 2. The van der Waals surface area contributed by atoms with Gasteiger partial charge in [0.15, 0.2) is 5.69 Å². The van der Waals surface area contributed by atoms with Crippen LogP contribution in [0, 0.1) is 12.3 Å². The highest BCUT2D eigenvalue weighted by atomic mass is 16.5. The Balaban J connectivity index is 2.79. The van der Waals surface area contributed by atoms with Gasteiger partial charge in [0.05, 0.1) is 26.0 Å². The molecule has 0 saturated carbocycles. The molecule has 1 N–H and O–H groups in total. The molecule has 14 heavy (non-hydrogen) atoms. The average Bonchev–Trinajstić information content (AvgIpc) is 2.25. The summed E-state index contributed by atoms with van der Waals surface area (Å²) in [6, 6.07) is 0. The van der Waals surface area contributed by atoms with Crippen molar-refractivity contribution in [2.45, 2.75) is 0 Å². The van der Waals surface area contributed by atoms with E-state index in [4.69, 9.17) is 6.42 Å². The number of esters is 1. The number of rotatable bonds is 3. The Labute approximate surface area is 81.5 Å². The van der Waals surface area contributed by atoms with Crippen molar-refractivity contribution in [1.82, 2.24) is 9.97 Å². The summed E-state index contributed by atoms with van der Waals surface area (Å²) in [6.45, 7) is 0.333. The molecule has 5 heteroatoms. The summed E-state index contributed by atoms with van der Waals surface area (Å²) in [6.07, 6.45) is 7.85. The van der Waals surface area contributed by atoms with E-state index in [0.717, 1.165) is 0 Å². The van der Waals surface area contributed by atoms with Crippen LogP contribution in [0.15, 0.2) is 12.4 Å². The summed E-state index contributed by atoms with van der Waals surface area (Å²) in [4.78, 5) is 18.8. The minimum absolute atomic E-state index is 0.148. The lowest BCUT2D eigenvalue weighted by atomic mass is 10.4. The number of hydrogen-bond acceptors (Lipinski definition) is 5. The lowest BCUT2D eigenvalue weighted by Crippen LogP contribution is -2.08. The molecule has 1 heterocycles. The molecule has 1 aromatic heterocycles. The lowest BCUT2D eigenvalue weighted by molar-refractivity contribution is 0.0593. The summed E-state index contributed by atoms with van der Waals surface area (Å²) in [5.74, 6) is 2.31. The van der Waals surface area contributed by atoms with E-state index in [9.17, 15) is 4.79 Å². The Morgan fingerprint density at radius 1 is 1.71 bits per heavy atom. The van der Waals surface area contributed by atoms with Gasteiger partial charge in [-0.1, -0.05) is 5.92 Å². The molecule has 0 amide bonds. The van der Waals surface area contributed by atoms with Crippen LogP contribution in [-0.4, -0.2) is 29.6 Å². The van der Waals surface area contributed by atoms with E-state index in [1.807, 2.05) is 0 Å². The maximum atomic E-state index is 11.0. The summed E-state index contributed by atoms with van der Waals surface area (Å²) in [5.41, 5.74) is 0.148. The van der Waals surface area contributed by atoms with Crippen molar-refractivity contribution in [3.63, 3.8) is 0 Å². The third-order valence-electron chi connectivity index (χ3n) is 1.40. The molecular weight excluding hydrogens is 182 g/mol. The highest BCUT2D eigenvalue weighted by Crippen LogP contribution is 2.02. The van der Waals surface area contributed by atoms with Gasteiger partial charge in [0.1, 0.15) is 5.82 Å². The smallest absolute Gasteiger partial charge is 0.358 e. The van der Waals surface area contributed by atoms with Crippen molar-refractivity contribution < 1.29 is 9.53 Å². The maximum Gasteiger partial charge on any atom is 0.358 e. The van der Waals surface area contributed by atoms with Gasteiger partial charge in [-0.2, -0.15) is 0 Å². The molecule has 0 unspecified atom stereocenters. The molecule has 0 spiro atoms. The number of carbonyl (C=O) groups is 1. The quantitative estimate of drug-likeness (QED) is 0.550. The molecule has 0 radical (unpaired) electrons. The molecule has 0 fully saturated rings. The van der Waals surface area contributed by atoms with Crippen molar-refractivity contribution in [2.75, 3.05) is 19.0 Å². The molecule has 0 atom stereocenters. The molecule has 72 valence electrons. The van der Waals surface area contributed by atoms with Crippen LogP contribution in [-0.2, 0) is 4.74 Å². The number of hydrogen-bond donors (Lipinski definition) is 1. The van der Waals surface area contributed by atoms with Gasteiger partial charge in [0.2, 0.25) is 0 Å². The maximum absolute atomic E-state index is 11.0. The second-order valence-corrected chi connectivity index (χ2v) is 2.34. The van der Waals surface area contributed by atoms with Gasteiger partial charge in [0, 0.05) is 0 Å². The molecule has 0 aliphatic heterocycles. The fourth-order valence-electron chi connectivity index (χ4n) is 0.796. The second-order valence-electron chi connectivity index (χ2n) is 2.34. The molecule has 0 bridgehead atoms. The van der Waals surface area contributed by atoms with Crippen LogP contribution in [0.4, 0.5) is 5.82 Å². The van der Waals surface area contributed by atoms with Gasteiger partial charge in [-0.3, -0.25) is 4.98 Å². The van der Waals surface area contributed by atoms with Gasteiger partial charge in [-0.05, 0) is 0 Å². The molecule has 0 aliphatic carbocycles. The third-order valence-corrected chi connectivity index (χ3v) is 1.40. The molecule has 1 aromatic rings. The molecule has 0 aliphatic rings. The first-order chi connectivity index (χ1) is 6.77. The Morgan fingerprint density at radius 2 is 2.50 bits per heavy atom. The Hall–Kier alpha value is -2.09. The van der Waals surface area contributed by atoms with Crippen molar-refractivity contribution in [3.05, 3.63) is 18.1 Å². The number of nitrogens with one attached hydrogen (secondary N) is 1. The van der Waals surface area contributed by atoms with Crippen molar-refractivity contribution in [2.24, 2.45) is 0 Å². The first-order valence-corrected chi connectivity index (χ1v) is 3.85. The Kier molecular flexibility index (Phi) is 3.44. The number of terminal acetylenes is 1.